The minimum atomic E-state index is -0.539. The average Bonchev–Trinajstić information content (AvgIpc) is 3.24. The number of carbonyl (C=O) groups is 1. The summed E-state index contributed by atoms with van der Waals surface area (Å²) in [6.07, 6.45) is 1.67. The van der Waals surface area contributed by atoms with Gasteiger partial charge in [-0.2, -0.15) is 0 Å². The number of methoxy groups -OCH3 is 1. The highest BCUT2D eigenvalue weighted by Crippen LogP contribution is 2.35. The predicted molar refractivity (Wildman–Crippen MR) is 114 cm³/mol. The summed E-state index contributed by atoms with van der Waals surface area (Å²) in [4.78, 5) is 34.1. The fraction of sp³-hybridized carbons (Fsp3) is 0.182. The summed E-state index contributed by atoms with van der Waals surface area (Å²) < 4.78 is 11.8. The Bertz CT molecular complexity index is 1300. The fourth-order valence-electron chi connectivity index (χ4n) is 3.03. The Labute approximate surface area is 176 Å². The zero-order chi connectivity index (χ0) is 21.3. The van der Waals surface area contributed by atoms with E-state index in [1.54, 1.807) is 24.4 Å². The van der Waals surface area contributed by atoms with Crippen LogP contribution < -0.4 is 5.56 Å². The second kappa shape index (κ2) is 8.16. The van der Waals surface area contributed by atoms with Gasteiger partial charge in [-0.15, -0.1) is 0 Å². The molecule has 30 heavy (non-hydrogen) atoms. The average molecular weight is 421 g/mol. The van der Waals surface area contributed by atoms with E-state index < -0.39 is 5.97 Å². The molecule has 0 aliphatic carbocycles. The molecule has 7 nitrogen and oxygen atoms in total. The normalized spacial score (nSPS) is 12.1. The van der Waals surface area contributed by atoms with Gasteiger partial charge in [-0.3, -0.25) is 4.79 Å². The highest BCUT2D eigenvalue weighted by molar-refractivity contribution is 7.99. The second-order valence-electron chi connectivity index (χ2n) is 6.70. The Morgan fingerprint density at radius 3 is 2.77 bits per heavy atom. The van der Waals surface area contributed by atoms with E-state index in [4.69, 9.17) is 14.1 Å². The van der Waals surface area contributed by atoms with Crippen molar-refractivity contribution in [1.82, 2.24) is 14.5 Å². The summed E-state index contributed by atoms with van der Waals surface area (Å²) in [5.74, 6) is 0.668. The molecule has 152 valence electrons. The third-order valence-corrected chi connectivity index (χ3v) is 5.64. The van der Waals surface area contributed by atoms with E-state index in [0.29, 0.717) is 27.6 Å². The van der Waals surface area contributed by atoms with Crippen molar-refractivity contribution in [2.24, 2.45) is 0 Å². The largest absolute Gasteiger partial charge is 0.463 e. The quantitative estimate of drug-likeness (QED) is 0.269. The van der Waals surface area contributed by atoms with Gasteiger partial charge in [0, 0.05) is 6.20 Å². The lowest BCUT2D eigenvalue weighted by atomic mass is 10.2. The molecule has 0 spiro atoms. The number of ether oxygens (including phenoxy) is 1. The fourth-order valence-corrected chi connectivity index (χ4v) is 4.03. The lowest BCUT2D eigenvalue weighted by Crippen LogP contribution is -2.23. The number of carbonyl (C=O) groups excluding carboxylic acids is 1. The maximum atomic E-state index is 13.3. The monoisotopic (exact) mass is 421 g/mol. The highest BCUT2D eigenvalue weighted by atomic mass is 32.2. The van der Waals surface area contributed by atoms with Gasteiger partial charge in [0.1, 0.15) is 11.6 Å². The van der Waals surface area contributed by atoms with Crippen LogP contribution in [-0.4, -0.2) is 27.6 Å². The number of furan rings is 1. The first-order valence-corrected chi connectivity index (χ1v) is 10.2. The number of hydrogen-bond donors (Lipinski definition) is 0. The van der Waals surface area contributed by atoms with Gasteiger partial charge >= 0.3 is 5.97 Å². The van der Waals surface area contributed by atoms with Crippen molar-refractivity contribution >= 4 is 28.6 Å². The summed E-state index contributed by atoms with van der Waals surface area (Å²) in [6.45, 7) is 3.86. The van der Waals surface area contributed by atoms with Crippen molar-refractivity contribution in [3.63, 3.8) is 0 Å². The highest BCUT2D eigenvalue weighted by Gasteiger charge is 2.21. The number of aryl methyl sites for hydroxylation is 1. The molecule has 8 heteroatoms. The van der Waals surface area contributed by atoms with Crippen LogP contribution in [0.4, 0.5) is 0 Å². The Morgan fingerprint density at radius 2 is 2.00 bits per heavy atom. The molecule has 0 saturated carbocycles. The SMILES string of the molecule is COC(=O)c1ccc(C(C)Sc2nc3ccccc3c(=O)n2-c2cc(C)ccn2)o1. The first kappa shape index (κ1) is 19.9. The van der Waals surface area contributed by atoms with Crippen LogP contribution in [0, 0.1) is 6.92 Å². The van der Waals surface area contributed by atoms with Crippen molar-refractivity contribution in [2.75, 3.05) is 7.11 Å². The van der Waals surface area contributed by atoms with Crippen molar-refractivity contribution < 1.29 is 13.9 Å². The van der Waals surface area contributed by atoms with Gasteiger partial charge in [-0.25, -0.2) is 19.3 Å². The Morgan fingerprint density at radius 1 is 1.20 bits per heavy atom. The first-order chi connectivity index (χ1) is 14.5. The molecule has 4 aromatic rings. The third kappa shape index (κ3) is 3.73. The van der Waals surface area contributed by atoms with Crippen LogP contribution in [0.5, 0.6) is 0 Å². The molecule has 0 aliphatic heterocycles. The number of benzene rings is 1. The van der Waals surface area contributed by atoms with Crippen LogP contribution in [0.1, 0.15) is 34.1 Å². The number of hydrogen-bond acceptors (Lipinski definition) is 7. The molecule has 0 radical (unpaired) electrons. The zero-order valence-electron chi connectivity index (χ0n) is 16.7. The van der Waals surface area contributed by atoms with Gasteiger partial charge in [0.05, 0.1) is 23.3 Å². The molecule has 3 aromatic heterocycles. The summed E-state index contributed by atoms with van der Waals surface area (Å²) in [5.41, 5.74) is 1.40. The maximum absolute atomic E-state index is 13.3. The molecule has 1 atom stereocenters. The topological polar surface area (TPSA) is 87.2 Å². The van der Waals surface area contributed by atoms with Crippen LogP contribution in [0.3, 0.4) is 0 Å². The molecular formula is C22H19N3O4S. The van der Waals surface area contributed by atoms with E-state index in [-0.39, 0.29) is 16.6 Å². The number of esters is 1. The van der Waals surface area contributed by atoms with Crippen molar-refractivity contribution in [1.29, 1.82) is 0 Å². The van der Waals surface area contributed by atoms with E-state index in [2.05, 4.69) is 4.98 Å². The molecule has 0 amide bonds. The van der Waals surface area contributed by atoms with Crippen LogP contribution in [-0.2, 0) is 4.74 Å². The molecule has 0 saturated heterocycles. The number of aromatic nitrogens is 3. The predicted octanol–water partition coefficient (Wildman–Crippen LogP) is 4.32. The van der Waals surface area contributed by atoms with E-state index in [1.807, 2.05) is 44.2 Å². The van der Waals surface area contributed by atoms with Crippen molar-refractivity contribution in [2.45, 2.75) is 24.3 Å². The zero-order valence-corrected chi connectivity index (χ0v) is 17.5. The van der Waals surface area contributed by atoms with Gasteiger partial charge in [-0.05, 0) is 55.8 Å². The molecule has 1 unspecified atom stereocenters. The second-order valence-corrected chi connectivity index (χ2v) is 8.01. The van der Waals surface area contributed by atoms with E-state index in [1.165, 1.54) is 23.4 Å². The minimum absolute atomic E-state index is 0.129. The number of thioether (sulfide) groups is 1. The molecule has 0 fully saturated rings. The van der Waals surface area contributed by atoms with Crippen LogP contribution >= 0.6 is 11.8 Å². The third-order valence-electron chi connectivity index (χ3n) is 4.57. The minimum Gasteiger partial charge on any atom is -0.463 e. The lowest BCUT2D eigenvalue weighted by molar-refractivity contribution is 0.0563. The first-order valence-electron chi connectivity index (χ1n) is 9.27. The molecule has 0 aliphatic rings. The van der Waals surface area contributed by atoms with Gasteiger partial charge in [0.25, 0.3) is 5.56 Å². The van der Waals surface area contributed by atoms with Gasteiger partial charge in [0.15, 0.2) is 5.16 Å². The number of nitrogens with zero attached hydrogens (tertiary/aromatic N) is 3. The molecule has 0 N–H and O–H groups in total. The number of para-hydroxylation sites is 1. The van der Waals surface area contributed by atoms with E-state index in [0.717, 1.165) is 5.56 Å². The molecule has 4 rings (SSSR count). The number of rotatable bonds is 5. The maximum Gasteiger partial charge on any atom is 0.373 e. The Balaban J connectivity index is 1.81. The van der Waals surface area contributed by atoms with Crippen LogP contribution in [0.15, 0.2) is 69.1 Å². The van der Waals surface area contributed by atoms with Crippen molar-refractivity contribution in [3.8, 4) is 5.82 Å². The van der Waals surface area contributed by atoms with Gasteiger partial charge in [0.2, 0.25) is 5.76 Å². The molecular weight excluding hydrogens is 402 g/mol. The number of fused-ring (bicyclic) bond motifs is 1. The van der Waals surface area contributed by atoms with Gasteiger partial charge < -0.3 is 9.15 Å². The van der Waals surface area contributed by atoms with E-state index >= 15 is 0 Å². The smallest absolute Gasteiger partial charge is 0.373 e. The van der Waals surface area contributed by atoms with Gasteiger partial charge in [-0.1, -0.05) is 23.9 Å². The Kier molecular flexibility index (Phi) is 5.41. The summed E-state index contributed by atoms with van der Waals surface area (Å²) in [6, 6.07) is 14.2. The Hall–Kier alpha value is -3.39. The summed E-state index contributed by atoms with van der Waals surface area (Å²) >= 11 is 1.35. The van der Waals surface area contributed by atoms with E-state index in [9.17, 15) is 9.59 Å². The summed E-state index contributed by atoms with van der Waals surface area (Å²) in [7, 11) is 1.30. The summed E-state index contributed by atoms with van der Waals surface area (Å²) in [5, 5.41) is 0.789. The van der Waals surface area contributed by atoms with Crippen LogP contribution in [0.2, 0.25) is 0 Å². The van der Waals surface area contributed by atoms with Crippen LogP contribution in [0.25, 0.3) is 16.7 Å². The molecule has 0 bridgehead atoms. The number of pyridine rings is 1. The standard InChI is InChI=1S/C22H19N3O4S/c1-13-10-11-23-19(12-13)25-20(26)15-6-4-5-7-16(15)24-22(25)30-14(2)17-8-9-18(29-17)21(27)28-3/h4-12,14H,1-3H3. The molecule has 1 aromatic carbocycles. The lowest BCUT2D eigenvalue weighted by Gasteiger charge is -2.15. The van der Waals surface area contributed by atoms with Crippen molar-refractivity contribution in [3.05, 3.63) is 82.2 Å². The molecule has 3 heterocycles.